The third kappa shape index (κ3) is 5.81. The minimum absolute atomic E-state index is 0.00536. The summed E-state index contributed by atoms with van der Waals surface area (Å²) >= 11 is 1.24. The van der Waals surface area contributed by atoms with Crippen molar-refractivity contribution in [1.82, 2.24) is 20.2 Å². The second-order valence-corrected chi connectivity index (χ2v) is 10.0. The van der Waals surface area contributed by atoms with Gasteiger partial charge in [0.05, 0.1) is 11.7 Å². The van der Waals surface area contributed by atoms with Gasteiger partial charge < -0.3 is 0 Å². The topological polar surface area (TPSA) is 105 Å². The van der Waals surface area contributed by atoms with Crippen LogP contribution in [0.2, 0.25) is 0 Å². The first kappa shape index (κ1) is 24.3. The third-order valence-corrected chi connectivity index (χ3v) is 7.18. The van der Waals surface area contributed by atoms with E-state index in [0.29, 0.717) is 30.8 Å². The van der Waals surface area contributed by atoms with Gasteiger partial charge in [-0.05, 0) is 43.0 Å². The SMILES string of the molecule is CC(=O)SC1CCN(C(C(=O)C2CC2)c2ccccc2F)CC1=Cc1ccn(CC(=O)NO)n1. The van der Waals surface area contributed by atoms with E-state index in [1.54, 1.807) is 35.9 Å². The van der Waals surface area contributed by atoms with E-state index >= 15 is 0 Å². The molecule has 8 nitrogen and oxygen atoms in total. The summed E-state index contributed by atoms with van der Waals surface area (Å²) < 4.78 is 16.2. The molecular formula is C24H27FN4O4S. The summed E-state index contributed by atoms with van der Waals surface area (Å²) in [6.45, 7) is 2.34. The van der Waals surface area contributed by atoms with Gasteiger partial charge in [-0.2, -0.15) is 5.10 Å². The number of hydroxylamine groups is 1. The molecular weight excluding hydrogens is 459 g/mol. The monoisotopic (exact) mass is 486 g/mol. The summed E-state index contributed by atoms with van der Waals surface area (Å²) in [6, 6.07) is 7.48. The lowest BCUT2D eigenvalue weighted by molar-refractivity contribution is -0.130. The van der Waals surface area contributed by atoms with Crippen LogP contribution in [0.4, 0.5) is 4.39 Å². The average Bonchev–Trinajstić information content (AvgIpc) is 3.57. The van der Waals surface area contributed by atoms with Crippen LogP contribution in [0.1, 0.15) is 43.5 Å². The van der Waals surface area contributed by atoms with Crippen molar-refractivity contribution in [3.63, 3.8) is 0 Å². The smallest absolute Gasteiger partial charge is 0.265 e. The van der Waals surface area contributed by atoms with E-state index in [9.17, 15) is 18.8 Å². The lowest BCUT2D eigenvalue weighted by Crippen LogP contribution is -2.43. The highest BCUT2D eigenvalue weighted by molar-refractivity contribution is 8.14. The molecule has 180 valence electrons. The first-order valence-corrected chi connectivity index (χ1v) is 12.1. The van der Waals surface area contributed by atoms with Crippen molar-refractivity contribution in [2.24, 2.45) is 5.92 Å². The quantitative estimate of drug-likeness (QED) is 0.437. The molecule has 1 aromatic heterocycles. The number of aromatic nitrogens is 2. The number of ketones is 1. The average molecular weight is 487 g/mol. The second kappa shape index (κ2) is 10.6. The van der Waals surface area contributed by atoms with Crippen LogP contribution in [0.5, 0.6) is 0 Å². The van der Waals surface area contributed by atoms with Gasteiger partial charge in [0, 0.05) is 42.9 Å². The van der Waals surface area contributed by atoms with Crippen LogP contribution in [0.15, 0.2) is 42.1 Å². The fourth-order valence-corrected chi connectivity index (χ4v) is 5.23. The molecule has 2 heterocycles. The van der Waals surface area contributed by atoms with Crippen LogP contribution in [0.3, 0.4) is 0 Å². The van der Waals surface area contributed by atoms with Crippen LogP contribution < -0.4 is 5.48 Å². The van der Waals surface area contributed by atoms with Crippen molar-refractivity contribution < 1.29 is 24.0 Å². The lowest BCUT2D eigenvalue weighted by atomic mass is 9.93. The van der Waals surface area contributed by atoms with E-state index in [1.807, 2.05) is 11.0 Å². The molecule has 2 aliphatic rings. The largest absolute Gasteiger partial charge is 0.297 e. The van der Waals surface area contributed by atoms with E-state index in [0.717, 1.165) is 18.4 Å². The summed E-state index contributed by atoms with van der Waals surface area (Å²) in [6.07, 6.45) is 5.78. The Bertz CT molecular complexity index is 1110. The van der Waals surface area contributed by atoms with E-state index in [1.165, 1.54) is 29.4 Å². The zero-order valence-electron chi connectivity index (χ0n) is 18.8. The van der Waals surface area contributed by atoms with Crippen molar-refractivity contribution in [3.05, 3.63) is 59.2 Å². The molecule has 1 aliphatic heterocycles. The highest BCUT2D eigenvalue weighted by Crippen LogP contribution is 2.40. The molecule has 1 aromatic carbocycles. The number of carbonyl (C=O) groups is 3. The van der Waals surface area contributed by atoms with Crippen LogP contribution in [0, 0.1) is 11.7 Å². The summed E-state index contributed by atoms with van der Waals surface area (Å²) in [5.41, 5.74) is 3.46. The highest BCUT2D eigenvalue weighted by atomic mass is 32.2. The summed E-state index contributed by atoms with van der Waals surface area (Å²) in [7, 11) is 0. The van der Waals surface area contributed by atoms with Crippen molar-refractivity contribution in [1.29, 1.82) is 0 Å². The number of carbonyl (C=O) groups excluding carboxylic acids is 3. The molecule has 2 fully saturated rings. The first-order valence-electron chi connectivity index (χ1n) is 11.2. The fraction of sp³-hybridized carbons (Fsp3) is 0.417. The number of nitrogens with zero attached hydrogens (tertiary/aromatic N) is 3. The lowest BCUT2D eigenvalue weighted by Gasteiger charge is -2.38. The molecule has 34 heavy (non-hydrogen) atoms. The molecule has 4 rings (SSSR count). The molecule has 0 bridgehead atoms. The Kier molecular flexibility index (Phi) is 7.60. The first-order chi connectivity index (χ1) is 16.4. The van der Waals surface area contributed by atoms with Crippen LogP contribution in [0.25, 0.3) is 6.08 Å². The summed E-state index contributed by atoms with van der Waals surface area (Å²) in [5, 5.41) is 13.0. The van der Waals surface area contributed by atoms with Gasteiger partial charge in [0.25, 0.3) is 5.91 Å². The van der Waals surface area contributed by atoms with Gasteiger partial charge in [0.1, 0.15) is 12.4 Å². The molecule has 1 saturated heterocycles. The number of likely N-dealkylation sites (tertiary alicyclic amines) is 1. The van der Waals surface area contributed by atoms with Crippen LogP contribution >= 0.6 is 11.8 Å². The van der Waals surface area contributed by atoms with Crippen LogP contribution in [-0.4, -0.2) is 55.0 Å². The zero-order chi connectivity index (χ0) is 24.2. The number of piperidine rings is 1. The Morgan fingerprint density at radius 3 is 2.71 bits per heavy atom. The highest BCUT2D eigenvalue weighted by Gasteiger charge is 2.41. The molecule has 2 N–H and O–H groups in total. The van der Waals surface area contributed by atoms with Crippen LogP contribution in [-0.2, 0) is 20.9 Å². The molecule has 1 amide bonds. The molecule has 2 unspecified atom stereocenters. The number of Topliss-reactive ketones (excluding diaryl/α,β-unsaturated/α-hetero) is 1. The minimum atomic E-state index is -0.675. The van der Waals surface area contributed by atoms with Crippen molar-refractivity contribution in [3.8, 4) is 0 Å². The number of nitrogens with one attached hydrogen (secondary N) is 1. The van der Waals surface area contributed by atoms with Gasteiger partial charge >= 0.3 is 0 Å². The molecule has 1 saturated carbocycles. The molecule has 2 atom stereocenters. The van der Waals surface area contributed by atoms with E-state index < -0.39 is 17.8 Å². The van der Waals surface area contributed by atoms with E-state index in [4.69, 9.17) is 5.21 Å². The van der Waals surface area contributed by atoms with Crippen molar-refractivity contribution in [2.75, 3.05) is 13.1 Å². The number of hydrogen-bond donors (Lipinski definition) is 2. The normalized spacial score (nSPS) is 20.8. The standard InChI is InChI=1S/C24H27FN4O4S/c1-15(30)34-21-9-10-28(13-17(21)12-18-8-11-29(26-18)14-22(31)27-33)23(24(32)16-6-7-16)19-4-2-3-5-20(19)25/h2-5,8,11-12,16,21,23,33H,6-7,9-10,13-14H2,1H3,(H,27,31). The number of rotatable bonds is 8. The minimum Gasteiger partial charge on any atom is -0.297 e. The molecule has 1 aliphatic carbocycles. The predicted molar refractivity (Wildman–Crippen MR) is 125 cm³/mol. The molecule has 0 spiro atoms. The van der Waals surface area contributed by atoms with Gasteiger partial charge in [-0.3, -0.25) is 29.2 Å². The number of halogens is 1. The van der Waals surface area contributed by atoms with E-state index in [2.05, 4.69) is 5.10 Å². The van der Waals surface area contributed by atoms with Gasteiger partial charge in [-0.15, -0.1) is 0 Å². The fourth-order valence-electron chi connectivity index (χ4n) is 4.31. The van der Waals surface area contributed by atoms with Gasteiger partial charge in [0.2, 0.25) is 0 Å². The molecule has 2 aromatic rings. The molecule has 10 heteroatoms. The maximum Gasteiger partial charge on any atom is 0.265 e. The Hall–Kier alpha value is -2.82. The van der Waals surface area contributed by atoms with Gasteiger partial charge in [0.15, 0.2) is 10.9 Å². The number of benzene rings is 1. The summed E-state index contributed by atoms with van der Waals surface area (Å²) in [5.74, 6) is -0.980. The summed E-state index contributed by atoms with van der Waals surface area (Å²) in [4.78, 5) is 38.6. The zero-order valence-corrected chi connectivity index (χ0v) is 19.6. The maximum absolute atomic E-state index is 14.8. The second-order valence-electron chi connectivity index (χ2n) is 8.65. The van der Waals surface area contributed by atoms with Gasteiger partial charge in [-0.25, -0.2) is 9.87 Å². The maximum atomic E-state index is 14.8. The van der Waals surface area contributed by atoms with Gasteiger partial charge in [-0.1, -0.05) is 30.0 Å². The number of amides is 1. The number of hydrogen-bond acceptors (Lipinski definition) is 7. The Morgan fingerprint density at radius 1 is 1.26 bits per heavy atom. The Balaban J connectivity index is 1.63. The van der Waals surface area contributed by atoms with Crippen molar-refractivity contribution in [2.45, 2.75) is 44.0 Å². The predicted octanol–water partition coefficient (Wildman–Crippen LogP) is 2.99. The van der Waals surface area contributed by atoms with Crippen molar-refractivity contribution >= 4 is 34.6 Å². The number of thioether (sulfide) groups is 1. The Labute approximate surface area is 201 Å². The van der Waals surface area contributed by atoms with E-state index in [-0.39, 0.29) is 28.6 Å². The molecule has 0 radical (unpaired) electrons. The third-order valence-electron chi connectivity index (χ3n) is 6.03. The Morgan fingerprint density at radius 2 is 2.03 bits per heavy atom.